The lowest BCUT2D eigenvalue weighted by molar-refractivity contribution is 0.868. The Hall–Kier alpha value is -1.49. The zero-order valence-electron chi connectivity index (χ0n) is 12.1. The van der Waals surface area contributed by atoms with Crippen LogP contribution in [0.15, 0.2) is 22.9 Å². The Morgan fingerprint density at radius 3 is 2.70 bits per heavy atom. The Kier molecular flexibility index (Phi) is 5.06. The Morgan fingerprint density at radius 2 is 2.05 bits per heavy atom. The molecule has 0 aliphatic rings. The number of aromatic nitrogens is 3. The lowest BCUT2D eigenvalue weighted by Crippen LogP contribution is -2.04. The summed E-state index contributed by atoms with van der Waals surface area (Å²) in [6.07, 6.45) is 6.57. The fraction of sp³-hybridized carbons (Fsp3) is 0.400. The number of nitrogens with one attached hydrogen (secondary N) is 1. The first-order valence-corrected chi connectivity index (χ1v) is 7.67. The van der Waals surface area contributed by atoms with Crippen LogP contribution in [0.3, 0.4) is 0 Å². The fourth-order valence-corrected chi connectivity index (χ4v) is 2.68. The molecule has 5 heteroatoms. The minimum absolute atomic E-state index is 0.764. The molecule has 0 fully saturated rings. The predicted molar refractivity (Wildman–Crippen MR) is 85.9 cm³/mol. The smallest absolute Gasteiger partial charge is 0.162 e. The molecular formula is C15H19BrN4. The third-order valence-electron chi connectivity index (χ3n) is 3.17. The molecule has 2 rings (SSSR count). The van der Waals surface area contributed by atoms with Crippen molar-refractivity contribution in [3.8, 4) is 11.4 Å². The average molecular weight is 335 g/mol. The van der Waals surface area contributed by atoms with Crippen molar-refractivity contribution in [2.24, 2.45) is 0 Å². The van der Waals surface area contributed by atoms with E-state index in [0.29, 0.717) is 0 Å². The van der Waals surface area contributed by atoms with Gasteiger partial charge in [0.25, 0.3) is 0 Å². The Morgan fingerprint density at radius 1 is 1.25 bits per heavy atom. The van der Waals surface area contributed by atoms with Crippen LogP contribution in [-0.2, 0) is 12.8 Å². The number of pyridine rings is 1. The zero-order chi connectivity index (χ0) is 14.5. The molecule has 0 bridgehead atoms. The lowest BCUT2D eigenvalue weighted by Gasteiger charge is -2.12. The number of rotatable bonds is 5. The number of hydrogen-bond donors (Lipinski definition) is 1. The second-order valence-corrected chi connectivity index (χ2v) is 5.34. The van der Waals surface area contributed by atoms with Crippen LogP contribution in [-0.4, -0.2) is 22.0 Å². The summed E-state index contributed by atoms with van der Waals surface area (Å²) < 4.78 is 0.956. The summed E-state index contributed by atoms with van der Waals surface area (Å²) in [5, 5.41) is 3.13. The Balaban J connectivity index is 2.59. The van der Waals surface area contributed by atoms with Crippen LogP contribution in [0.1, 0.15) is 31.5 Å². The van der Waals surface area contributed by atoms with Gasteiger partial charge in [-0.3, -0.25) is 4.98 Å². The molecule has 20 heavy (non-hydrogen) atoms. The molecule has 0 radical (unpaired) electrons. The van der Waals surface area contributed by atoms with Gasteiger partial charge in [0.1, 0.15) is 5.82 Å². The normalized spacial score (nSPS) is 10.6. The summed E-state index contributed by atoms with van der Waals surface area (Å²) in [5.74, 6) is 1.59. The van der Waals surface area contributed by atoms with E-state index in [-0.39, 0.29) is 0 Å². The van der Waals surface area contributed by atoms with Gasteiger partial charge < -0.3 is 5.32 Å². The molecule has 2 aromatic heterocycles. The van der Waals surface area contributed by atoms with Crippen molar-refractivity contribution in [2.75, 3.05) is 12.4 Å². The predicted octanol–water partition coefficient (Wildman–Crippen LogP) is 3.86. The van der Waals surface area contributed by atoms with Gasteiger partial charge in [-0.15, -0.1) is 0 Å². The third-order valence-corrected chi connectivity index (χ3v) is 4.00. The van der Waals surface area contributed by atoms with Crippen LogP contribution in [0.5, 0.6) is 0 Å². The monoisotopic (exact) mass is 334 g/mol. The van der Waals surface area contributed by atoms with Crippen LogP contribution in [0.25, 0.3) is 11.4 Å². The maximum absolute atomic E-state index is 4.72. The largest absolute Gasteiger partial charge is 0.372 e. The molecule has 4 nitrogen and oxygen atoms in total. The van der Waals surface area contributed by atoms with Crippen LogP contribution in [0, 0.1) is 0 Å². The summed E-state index contributed by atoms with van der Waals surface area (Å²) >= 11 is 3.58. The van der Waals surface area contributed by atoms with Gasteiger partial charge in [0.15, 0.2) is 5.82 Å². The third kappa shape index (κ3) is 2.98. The van der Waals surface area contributed by atoms with Crippen LogP contribution in [0.2, 0.25) is 0 Å². The highest BCUT2D eigenvalue weighted by Gasteiger charge is 2.14. The van der Waals surface area contributed by atoms with Gasteiger partial charge in [-0.25, -0.2) is 9.97 Å². The van der Waals surface area contributed by atoms with E-state index < -0.39 is 0 Å². The maximum Gasteiger partial charge on any atom is 0.162 e. The molecule has 0 unspecified atom stereocenters. The number of hydrogen-bond acceptors (Lipinski definition) is 4. The molecule has 2 heterocycles. The van der Waals surface area contributed by atoms with Crippen molar-refractivity contribution in [3.05, 3.63) is 34.2 Å². The molecule has 106 valence electrons. The Bertz CT molecular complexity index is 598. The standard InChI is InChI=1S/C15H19BrN4/c1-4-6-12-13(16)15(17-3)20-14(19-12)11-7-8-18-9-10(11)5-2/h7-9H,4-6H2,1-3H3,(H,17,19,20). The first-order valence-electron chi connectivity index (χ1n) is 6.88. The minimum atomic E-state index is 0.764. The van der Waals surface area contributed by atoms with E-state index in [1.165, 1.54) is 5.56 Å². The van der Waals surface area contributed by atoms with E-state index >= 15 is 0 Å². The summed E-state index contributed by atoms with van der Waals surface area (Å²) in [5.41, 5.74) is 3.27. The minimum Gasteiger partial charge on any atom is -0.372 e. The molecule has 0 saturated heterocycles. The summed E-state index contributed by atoms with van der Waals surface area (Å²) in [6, 6.07) is 1.98. The molecule has 0 atom stereocenters. The van der Waals surface area contributed by atoms with E-state index in [2.05, 4.69) is 45.1 Å². The van der Waals surface area contributed by atoms with Gasteiger partial charge in [-0.1, -0.05) is 20.3 Å². The van der Waals surface area contributed by atoms with Gasteiger partial charge in [-0.2, -0.15) is 0 Å². The van der Waals surface area contributed by atoms with E-state index in [0.717, 1.165) is 46.6 Å². The molecule has 0 saturated carbocycles. The molecule has 0 amide bonds. The van der Waals surface area contributed by atoms with Crippen molar-refractivity contribution in [1.29, 1.82) is 0 Å². The lowest BCUT2D eigenvalue weighted by atomic mass is 10.1. The molecule has 0 aliphatic carbocycles. The van der Waals surface area contributed by atoms with Crippen molar-refractivity contribution in [3.63, 3.8) is 0 Å². The fourth-order valence-electron chi connectivity index (χ4n) is 2.11. The van der Waals surface area contributed by atoms with E-state index in [1.54, 1.807) is 6.20 Å². The second kappa shape index (κ2) is 6.79. The van der Waals surface area contributed by atoms with E-state index in [4.69, 9.17) is 4.98 Å². The number of anilines is 1. The highest BCUT2D eigenvalue weighted by Crippen LogP contribution is 2.29. The maximum atomic E-state index is 4.72. The van der Waals surface area contributed by atoms with Crippen LogP contribution in [0.4, 0.5) is 5.82 Å². The number of nitrogens with zero attached hydrogens (tertiary/aromatic N) is 3. The van der Waals surface area contributed by atoms with Crippen molar-refractivity contribution in [2.45, 2.75) is 33.1 Å². The second-order valence-electron chi connectivity index (χ2n) is 4.54. The zero-order valence-corrected chi connectivity index (χ0v) is 13.7. The highest BCUT2D eigenvalue weighted by atomic mass is 79.9. The summed E-state index contributed by atoms with van der Waals surface area (Å²) in [6.45, 7) is 4.27. The van der Waals surface area contributed by atoms with Gasteiger partial charge in [0, 0.05) is 25.0 Å². The number of halogens is 1. The highest BCUT2D eigenvalue weighted by molar-refractivity contribution is 9.10. The van der Waals surface area contributed by atoms with E-state index in [1.807, 2.05) is 19.3 Å². The van der Waals surface area contributed by atoms with Crippen molar-refractivity contribution in [1.82, 2.24) is 15.0 Å². The molecule has 0 spiro atoms. The first kappa shape index (κ1) is 14.9. The SMILES string of the molecule is CCCc1nc(-c2ccncc2CC)nc(NC)c1Br. The molecule has 1 N–H and O–H groups in total. The average Bonchev–Trinajstić information content (AvgIpc) is 2.49. The first-order chi connectivity index (χ1) is 9.71. The van der Waals surface area contributed by atoms with Crippen molar-refractivity contribution < 1.29 is 0 Å². The van der Waals surface area contributed by atoms with Crippen LogP contribution >= 0.6 is 15.9 Å². The van der Waals surface area contributed by atoms with Gasteiger partial charge in [-0.05, 0) is 40.4 Å². The Labute approximate surface area is 128 Å². The molecular weight excluding hydrogens is 316 g/mol. The topological polar surface area (TPSA) is 50.7 Å². The molecule has 2 aromatic rings. The quantitative estimate of drug-likeness (QED) is 0.901. The van der Waals surface area contributed by atoms with Gasteiger partial charge in [0.05, 0.1) is 10.2 Å². The summed E-state index contributed by atoms with van der Waals surface area (Å²) in [4.78, 5) is 13.5. The molecule has 0 aromatic carbocycles. The van der Waals surface area contributed by atoms with Crippen LogP contribution < -0.4 is 5.32 Å². The number of aryl methyl sites for hydroxylation is 2. The van der Waals surface area contributed by atoms with Crippen molar-refractivity contribution >= 4 is 21.7 Å². The summed E-state index contributed by atoms with van der Waals surface area (Å²) in [7, 11) is 1.87. The van der Waals surface area contributed by atoms with E-state index in [9.17, 15) is 0 Å². The van der Waals surface area contributed by atoms with Gasteiger partial charge in [0.2, 0.25) is 0 Å². The van der Waals surface area contributed by atoms with Gasteiger partial charge >= 0.3 is 0 Å². The molecule has 0 aliphatic heterocycles.